The minimum absolute atomic E-state index is 0.199. The van der Waals surface area contributed by atoms with Crippen LogP contribution < -0.4 is 15.2 Å². The fourth-order valence-corrected chi connectivity index (χ4v) is 4.36. The molecule has 0 unspecified atom stereocenters. The molecule has 2 aromatic carbocycles. The Kier molecular flexibility index (Phi) is 7.43. The topological polar surface area (TPSA) is 87.9 Å². The lowest BCUT2D eigenvalue weighted by Crippen LogP contribution is -2.14. The highest BCUT2D eigenvalue weighted by molar-refractivity contribution is 7.15. The first-order chi connectivity index (χ1) is 14.9. The van der Waals surface area contributed by atoms with Crippen LogP contribution in [0.4, 0.5) is 5.69 Å². The molecule has 3 aromatic rings. The third-order valence-electron chi connectivity index (χ3n) is 4.53. The molecule has 3 rings (SSSR count). The minimum atomic E-state index is -0.743. The molecule has 0 aliphatic heterocycles. The van der Waals surface area contributed by atoms with Crippen LogP contribution in [0.5, 0.6) is 11.5 Å². The number of carbonyl (C=O) groups excluding carboxylic acids is 2. The Morgan fingerprint density at radius 2 is 1.74 bits per heavy atom. The summed E-state index contributed by atoms with van der Waals surface area (Å²) in [4.78, 5) is 24.5. The predicted octanol–water partition coefficient (Wildman–Crippen LogP) is 5.61. The standard InChI is InChI=1S/C22H19Cl2NO5S/c1-28-18-5-3-12(7-20(18)29-2)19(10-15-16(23)8-13(25)9-17(15)24)30-22(27)21-6-4-14(11-26)31-21/h3-9,11,19H,10,25H2,1-2H3/t19-/m0/s1. The average Bonchev–Trinajstić information content (AvgIpc) is 3.24. The van der Waals surface area contributed by atoms with Crippen molar-refractivity contribution in [3.05, 3.63) is 73.4 Å². The molecule has 31 heavy (non-hydrogen) atoms. The van der Waals surface area contributed by atoms with Crippen molar-refractivity contribution in [3.63, 3.8) is 0 Å². The first kappa shape index (κ1) is 22.9. The summed E-state index contributed by atoms with van der Waals surface area (Å²) in [5.41, 5.74) is 7.47. The highest BCUT2D eigenvalue weighted by Crippen LogP contribution is 2.37. The third kappa shape index (κ3) is 5.31. The lowest BCUT2D eigenvalue weighted by molar-refractivity contribution is 0.0303. The van der Waals surface area contributed by atoms with Crippen LogP contribution in [0.3, 0.4) is 0 Å². The number of ether oxygens (including phenoxy) is 3. The van der Waals surface area contributed by atoms with Gasteiger partial charge in [-0.05, 0) is 47.5 Å². The summed E-state index contributed by atoms with van der Waals surface area (Å²) in [6.07, 6.45) is 0.138. The van der Waals surface area contributed by atoms with Crippen molar-refractivity contribution < 1.29 is 23.8 Å². The molecule has 1 atom stereocenters. The summed E-state index contributed by atoms with van der Waals surface area (Å²) in [6.45, 7) is 0. The zero-order chi connectivity index (χ0) is 22.5. The molecule has 2 N–H and O–H groups in total. The summed E-state index contributed by atoms with van der Waals surface area (Å²) >= 11 is 13.8. The number of thiophene rings is 1. The molecule has 0 aliphatic rings. The van der Waals surface area contributed by atoms with Crippen LogP contribution in [0.1, 0.15) is 36.6 Å². The molecule has 0 fully saturated rings. The van der Waals surface area contributed by atoms with Crippen LogP contribution >= 0.6 is 34.5 Å². The Balaban J connectivity index is 1.99. The number of anilines is 1. The highest BCUT2D eigenvalue weighted by Gasteiger charge is 2.24. The molecule has 0 amide bonds. The number of carbonyl (C=O) groups is 2. The molecule has 0 saturated carbocycles. The van der Waals surface area contributed by atoms with Gasteiger partial charge in [0.05, 0.1) is 19.1 Å². The van der Waals surface area contributed by atoms with Gasteiger partial charge < -0.3 is 19.9 Å². The molecular formula is C22H19Cl2NO5S. The maximum absolute atomic E-state index is 12.8. The zero-order valence-corrected chi connectivity index (χ0v) is 19.0. The van der Waals surface area contributed by atoms with E-state index < -0.39 is 12.1 Å². The fraction of sp³-hybridized carbons (Fsp3) is 0.182. The first-order valence-electron chi connectivity index (χ1n) is 9.07. The van der Waals surface area contributed by atoms with E-state index in [1.807, 2.05) is 0 Å². The van der Waals surface area contributed by atoms with Gasteiger partial charge in [0.15, 0.2) is 17.8 Å². The van der Waals surface area contributed by atoms with E-state index in [9.17, 15) is 9.59 Å². The second-order valence-corrected chi connectivity index (χ2v) is 8.43. The van der Waals surface area contributed by atoms with Gasteiger partial charge in [-0.25, -0.2) is 4.79 Å². The molecule has 9 heteroatoms. The van der Waals surface area contributed by atoms with E-state index >= 15 is 0 Å². The number of benzene rings is 2. The predicted molar refractivity (Wildman–Crippen MR) is 122 cm³/mol. The quantitative estimate of drug-likeness (QED) is 0.256. The van der Waals surface area contributed by atoms with Crippen LogP contribution in [-0.2, 0) is 11.2 Å². The monoisotopic (exact) mass is 479 g/mol. The molecule has 1 aromatic heterocycles. The Bertz CT molecular complexity index is 1090. The molecule has 6 nitrogen and oxygen atoms in total. The van der Waals surface area contributed by atoms with E-state index in [1.165, 1.54) is 14.2 Å². The molecule has 0 saturated heterocycles. The van der Waals surface area contributed by atoms with Crippen LogP contribution in [0, 0.1) is 0 Å². The van der Waals surface area contributed by atoms with E-state index in [0.29, 0.717) is 54.4 Å². The number of nitrogens with two attached hydrogens (primary N) is 1. The fourth-order valence-electron chi connectivity index (χ4n) is 3.00. The number of rotatable bonds is 8. The lowest BCUT2D eigenvalue weighted by Gasteiger charge is -2.21. The Morgan fingerprint density at radius 3 is 2.32 bits per heavy atom. The van der Waals surface area contributed by atoms with E-state index in [0.717, 1.165) is 11.3 Å². The van der Waals surface area contributed by atoms with Crippen LogP contribution in [0.15, 0.2) is 42.5 Å². The summed E-state index contributed by atoms with van der Waals surface area (Å²) in [5, 5.41) is 0.733. The largest absolute Gasteiger partial charge is 0.493 e. The van der Waals surface area contributed by atoms with Crippen LogP contribution in [0.25, 0.3) is 0 Å². The molecule has 162 valence electrons. The van der Waals surface area contributed by atoms with Crippen molar-refractivity contribution in [3.8, 4) is 11.5 Å². The number of nitrogen functional groups attached to an aromatic ring is 1. The number of aldehydes is 1. The van der Waals surface area contributed by atoms with E-state index in [-0.39, 0.29) is 6.42 Å². The van der Waals surface area contributed by atoms with Crippen molar-refractivity contribution in [2.24, 2.45) is 0 Å². The third-order valence-corrected chi connectivity index (χ3v) is 6.19. The van der Waals surface area contributed by atoms with Gasteiger partial charge >= 0.3 is 5.97 Å². The zero-order valence-electron chi connectivity index (χ0n) is 16.7. The SMILES string of the molecule is COc1ccc([C@H](Cc2c(Cl)cc(N)cc2Cl)OC(=O)c2ccc(C=O)s2)cc1OC. The summed E-state index contributed by atoms with van der Waals surface area (Å²) in [7, 11) is 3.05. The van der Waals surface area contributed by atoms with Crippen molar-refractivity contribution in [2.75, 3.05) is 20.0 Å². The van der Waals surface area contributed by atoms with Gasteiger partial charge in [-0.3, -0.25) is 4.79 Å². The van der Waals surface area contributed by atoms with Crippen molar-refractivity contribution in [2.45, 2.75) is 12.5 Å². The number of methoxy groups -OCH3 is 2. The number of esters is 1. The van der Waals surface area contributed by atoms with Crippen LogP contribution in [0.2, 0.25) is 10.0 Å². The van der Waals surface area contributed by atoms with E-state index in [4.69, 9.17) is 43.1 Å². The summed E-state index contributed by atoms with van der Waals surface area (Å²) in [5.74, 6) is 0.448. The second kappa shape index (κ2) is 10.0. The van der Waals surface area contributed by atoms with E-state index in [2.05, 4.69) is 0 Å². The average molecular weight is 480 g/mol. The molecular weight excluding hydrogens is 461 g/mol. The minimum Gasteiger partial charge on any atom is -0.493 e. The molecule has 0 aliphatic carbocycles. The Labute approximate surface area is 193 Å². The van der Waals surface area contributed by atoms with Gasteiger partial charge in [0, 0.05) is 22.2 Å². The Hall–Kier alpha value is -2.74. The number of halogens is 2. The molecule has 1 heterocycles. The Morgan fingerprint density at radius 1 is 1.06 bits per heavy atom. The first-order valence-corrected chi connectivity index (χ1v) is 10.6. The van der Waals surface area contributed by atoms with Gasteiger partial charge in [0.2, 0.25) is 0 Å². The molecule has 0 spiro atoms. The van der Waals surface area contributed by atoms with Crippen molar-refractivity contribution in [1.82, 2.24) is 0 Å². The van der Waals surface area contributed by atoms with Crippen molar-refractivity contribution in [1.29, 1.82) is 0 Å². The molecule has 0 radical (unpaired) electrons. The smallest absolute Gasteiger partial charge is 0.348 e. The summed E-state index contributed by atoms with van der Waals surface area (Å²) < 4.78 is 16.5. The maximum atomic E-state index is 12.8. The number of hydrogen-bond acceptors (Lipinski definition) is 7. The van der Waals surface area contributed by atoms with E-state index in [1.54, 1.807) is 42.5 Å². The van der Waals surface area contributed by atoms with Crippen molar-refractivity contribution >= 4 is 52.5 Å². The highest BCUT2D eigenvalue weighted by atomic mass is 35.5. The molecule has 0 bridgehead atoms. The lowest BCUT2D eigenvalue weighted by atomic mass is 10.00. The maximum Gasteiger partial charge on any atom is 0.348 e. The normalized spacial score (nSPS) is 11.6. The summed E-state index contributed by atoms with van der Waals surface area (Å²) in [6, 6.07) is 11.5. The number of hydrogen-bond donors (Lipinski definition) is 1. The van der Waals surface area contributed by atoms with Gasteiger partial charge in [-0.15, -0.1) is 11.3 Å². The van der Waals surface area contributed by atoms with Crippen LogP contribution in [-0.4, -0.2) is 26.5 Å². The van der Waals surface area contributed by atoms with Gasteiger partial charge in [0.25, 0.3) is 0 Å². The van der Waals surface area contributed by atoms with Gasteiger partial charge in [-0.1, -0.05) is 29.3 Å². The second-order valence-electron chi connectivity index (χ2n) is 6.50. The van der Waals surface area contributed by atoms with Gasteiger partial charge in [-0.2, -0.15) is 0 Å². The van der Waals surface area contributed by atoms with Gasteiger partial charge in [0.1, 0.15) is 11.0 Å².